The molecule has 2 heterocycles. The molecule has 0 aliphatic carbocycles. The first-order valence-corrected chi connectivity index (χ1v) is 8.27. The van der Waals surface area contributed by atoms with E-state index >= 15 is 0 Å². The Morgan fingerprint density at radius 1 is 1.22 bits per heavy atom. The summed E-state index contributed by atoms with van der Waals surface area (Å²) in [7, 11) is -3.29. The molecule has 0 bridgehead atoms. The van der Waals surface area contributed by atoms with Crippen LogP contribution in [-0.4, -0.2) is 80.9 Å². The summed E-state index contributed by atoms with van der Waals surface area (Å²) in [5, 5.41) is 2.31. The van der Waals surface area contributed by atoms with Crippen LogP contribution in [0.15, 0.2) is 0 Å². The molecule has 2 fully saturated rings. The molecule has 2 aliphatic heterocycles. The molecule has 0 radical (unpaired) electrons. The maximum absolute atomic E-state index is 12.0. The first-order chi connectivity index (χ1) is 8.39. The minimum atomic E-state index is -3.29. The Balaban J connectivity index is 1.87. The van der Waals surface area contributed by atoms with Gasteiger partial charge in [0.25, 0.3) is 0 Å². The van der Waals surface area contributed by atoms with E-state index in [0.29, 0.717) is 19.1 Å². The zero-order chi connectivity index (χ0) is 13.3. The topological polar surface area (TPSA) is 69.7 Å². The average molecular weight is 275 g/mol. The van der Waals surface area contributed by atoms with Crippen LogP contribution in [0.2, 0.25) is 0 Å². The third-order valence-corrected chi connectivity index (χ3v) is 5.38. The minimum Gasteiger partial charge on any atom is -0.339 e. The molecule has 1 atom stereocenters. The predicted molar refractivity (Wildman–Crippen MR) is 69.1 cm³/mol. The van der Waals surface area contributed by atoms with Gasteiger partial charge in [-0.2, -0.15) is 0 Å². The van der Waals surface area contributed by atoms with Gasteiger partial charge in [-0.15, -0.1) is 0 Å². The van der Waals surface area contributed by atoms with Gasteiger partial charge in [-0.3, -0.25) is 9.69 Å². The van der Waals surface area contributed by atoms with E-state index in [1.807, 2.05) is 0 Å². The molecule has 18 heavy (non-hydrogen) atoms. The quantitative estimate of drug-likeness (QED) is 0.681. The molecule has 0 aromatic rings. The molecule has 0 spiro atoms. The van der Waals surface area contributed by atoms with Gasteiger partial charge in [-0.05, 0) is 6.92 Å². The molecule has 6 nitrogen and oxygen atoms in total. The second-order valence-corrected chi connectivity index (χ2v) is 7.51. The minimum absolute atomic E-state index is 0.260. The Bertz CT molecular complexity index is 411. The van der Waals surface area contributed by atoms with Gasteiger partial charge < -0.3 is 10.2 Å². The Morgan fingerprint density at radius 2 is 1.78 bits per heavy atom. The van der Waals surface area contributed by atoms with Gasteiger partial charge in [0.15, 0.2) is 9.84 Å². The lowest BCUT2D eigenvalue weighted by Gasteiger charge is -2.43. The van der Waals surface area contributed by atoms with Crippen molar-refractivity contribution in [1.82, 2.24) is 15.1 Å². The summed E-state index contributed by atoms with van der Waals surface area (Å²) < 4.78 is 22.8. The van der Waals surface area contributed by atoms with Crippen molar-refractivity contribution in [3.8, 4) is 0 Å². The van der Waals surface area contributed by atoms with E-state index in [2.05, 4.69) is 10.2 Å². The number of nitrogens with zero attached hydrogens (tertiary/aromatic N) is 2. The van der Waals surface area contributed by atoms with Crippen LogP contribution in [0.25, 0.3) is 0 Å². The molecular weight excluding hydrogens is 254 g/mol. The highest BCUT2D eigenvalue weighted by Crippen LogP contribution is 2.12. The Labute approximate surface area is 108 Å². The fraction of sp³-hybridized carbons (Fsp3) is 0.909. The summed E-state index contributed by atoms with van der Waals surface area (Å²) in [5.74, 6) is -0.260. The number of hydrogen-bond donors (Lipinski definition) is 1. The second kappa shape index (κ2) is 5.14. The van der Waals surface area contributed by atoms with E-state index in [4.69, 9.17) is 0 Å². The van der Waals surface area contributed by atoms with Gasteiger partial charge in [0.05, 0.1) is 0 Å². The fourth-order valence-corrected chi connectivity index (χ4v) is 2.79. The first-order valence-electron chi connectivity index (χ1n) is 6.32. The highest BCUT2D eigenvalue weighted by Gasteiger charge is 2.33. The maximum atomic E-state index is 12.0. The van der Waals surface area contributed by atoms with Crippen LogP contribution >= 0.6 is 0 Å². The van der Waals surface area contributed by atoms with E-state index in [9.17, 15) is 13.2 Å². The molecule has 104 valence electrons. The average Bonchev–Trinajstić information content (AvgIpc) is 2.24. The van der Waals surface area contributed by atoms with Crippen molar-refractivity contribution in [2.45, 2.75) is 18.2 Å². The molecule has 2 rings (SSSR count). The molecule has 2 saturated heterocycles. The van der Waals surface area contributed by atoms with Crippen LogP contribution in [0.3, 0.4) is 0 Å². The van der Waals surface area contributed by atoms with Gasteiger partial charge in [0.1, 0.15) is 5.25 Å². The fourth-order valence-electron chi connectivity index (χ4n) is 2.28. The van der Waals surface area contributed by atoms with Gasteiger partial charge in [-0.25, -0.2) is 8.42 Å². The number of carbonyl (C=O) groups excluding carboxylic acids is 1. The number of piperazine rings is 1. The van der Waals surface area contributed by atoms with Crippen molar-refractivity contribution in [2.24, 2.45) is 0 Å². The lowest BCUT2D eigenvalue weighted by molar-refractivity contribution is -0.132. The van der Waals surface area contributed by atoms with Crippen molar-refractivity contribution >= 4 is 15.7 Å². The summed E-state index contributed by atoms with van der Waals surface area (Å²) >= 11 is 0. The van der Waals surface area contributed by atoms with E-state index < -0.39 is 15.1 Å². The number of carbonyl (C=O) groups is 1. The number of amides is 1. The highest BCUT2D eigenvalue weighted by molar-refractivity contribution is 7.92. The van der Waals surface area contributed by atoms with Crippen molar-refractivity contribution < 1.29 is 13.2 Å². The van der Waals surface area contributed by atoms with Crippen molar-refractivity contribution in [3.63, 3.8) is 0 Å². The van der Waals surface area contributed by atoms with Gasteiger partial charge in [0.2, 0.25) is 5.91 Å². The summed E-state index contributed by atoms with van der Waals surface area (Å²) in [4.78, 5) is 16.1. The van der Waals surface area contributed by atoms with Crippen molar-refractivity contribution in [2.75, 3.05) is 45.5 Å². The molecule has 7 heteroatoms. The maximum Gasteiger partial charge on any atom is 0.240 e. The third kappa shape index (κ3) is 2.84. The van der Waals surface area contributed by atoms with Gasteiger partial charge in [-0.1, -0.05) is 0 Å². The van der Waals surface area contributed by atoms with Crippen LogP contribution in [-0.2, 0) is 14.6 Å². The van der Waals surface area contributed by atoms with Crippen LogP contribution in [0.5, 0.6) is 0 Å². The number of hydrogen-bond acceptors (Lipinski definition) is 5. The van der Waals surface area contributed by atoms with E-state index in [0.717, 1.165) is 32.4 Å². The zero-order valence-corrected chi connectivity index (χ0v) is 11.7. The standard InChI is InChI=1S/C11H21N3O3S/c1-9(18(2,16)17)11(15)14-5-3-13(4-6-14)10-7-12-8-10/h9-10,12H,3-8H2,1-2H3. The van der Waals surface area contributed by atoms with Crippen LogP contribution in [0, 0.1) is 0 Å². The molecule has 2 aliphatic rings. The molecule has 0 saturated carbocycles. The monoisotopic (exact) mass is 275 g/mol. The zero-order valence-electron chi connectivity index (χ0n) is 10.9. The van der Waals surface area contributed by atoms with Gasteiger partial charge >= 0.3 is 0 Å². The normalized spacial score (nSPS) is 24.7. The van der Waals surface area contributed by atoms with Crippen molar-refractivity contribution in [3.05, 3.63) is 0 Å². The number of nitrogens with one attached hydrogen (secondary N) is 1. The summed E-state index contributed by atoms with van der Waals surface area (Å²) in [5.41, 5.74) is 0. The second-order valence-electron chi connectivity index (χ2n) is 5.15. The van der Waals surface area contributed by atoms with E-state index in [-0.39, 0.29) is 5.91 Å². The Morgan fingerprint density at radius 3 is 2.17 bits per heavy atom. The van der Waals surface area contributed by atoms with Crippen LogP contribution in [0.1, 0.15) is 6.92 Å². The van der Waals surface area contributed by atoms with E-state index in [1.54, 1.807) is 4.90 Å². The summed E-state index contributed by atoms with van der Waals surface area (Å²) in [6, 6.07) is 0.592. The van der Waals surface area contributed by atoms with Crippen LogP contribution in [0.4, 0.5) is 0 Å². The largest absolute Gasteiger partial charge is 0.339 e. The van der Waals surface area contributed by atoms with E-state index in [1.165, 1.54) is 6.92 Å². The molecule has 0 aromatic heterocycles. The van der Waals surface area contributed by atoms with Crippen LogP contribution < -0.4 is 5.32 Å². The summed E-state index contributed by atoms with van der Waals surface area (Å²) in [6.45, 7) is 6.47. The number of rotatable bonds is 3. The molecule has 0 aromatic carbocycles. The van der Waals surface area contributed by atoms with Crippen molar-refractivity contribution in [1.29, 1.82) is 0 Å². The lowest BCUT2D eigenvalue weighted by Crippen LogP contribution is -2.62. The Hall–Kier alpha value is -0.660. The Kier molecular flexibility index (Phi) is 3.93. The molecule has 1 N–H and O–H groups in total. The SMILES string of the molecule is CC(C(=O)N1CCN(C2CNC2)CC1)S(C)(=O)=O. The first kappa shape index (κ1) is 13.8. The molecular formula is C11H21N3O3S. The number of sulfone groups is 1. The van der Waals surface area contributed by atoms with Gasteiger partial charge in [0, 0.05) is 51.6 Å². The predicted octanol–water partition coefficient (Wildman–Crippen LogP) is -1.46. The molecule has 1 unspecified atom stereocenters. The summed E-state index contributed by atoms with van der Waals surface area (Å²) in [6.07, 6.45) is 1.12. The molecule has 1 amide bonds. The highest BCUT2D eigenvalue weighted by atomic mass is 32.2. The lowest BCUT2D eigenvalue weighted by atomic mass is 10.1. The third-order valence-electron chi connectivity index (χ3n) is 3.89. The smallest absolute Gasteiger partial charge is 0.240 e.